The van der Waals surface area contributed by atoms with Crippen LogP contribution in [0.1, 0.15) is 38.3 Å². The van der Waals surface area contributed by atoms with Gasteiger partial charge in [0.15, 0.2) is 11.5 Å². The van der Waals surface area contributed by atoms with Gasteiger partial charge < -0.3 is 19.5 Å². The second-order valence-electron chi connectivity index (χ2n) is 6.55. The molecule has 2 rings (SSSR count). The Balaban J connectivity index is 1.93. The van der Waals surface area contributed by atoms with Gasteiger partial charge in [0, 0.05) is 17.6 Å². The normalized spacial score (nSPS) is 11.0. The van der Waals surface area contributed by atoms with E-state index in [1.165, 1.54) is 0 Å². The number of benzene rings is 2. The van der Waals surface area contributed by atoms with Crippen molar-refractivity contribution in [2.45, 2.75) is 46.4 Å². The Kier molecular flexibility index (Phi) is 9.67. The lowest BCUT2D eigenvalue weighted by Gasteiger charge is -2.15. The summed E-state index contributed by atoms with van der Waals surface area (Å²) in [4.78, 5) is 0. The quantitative estimate of drug-likeness (QED) is 0.457. The number of nitrogens with one attached hydrogen (secondary N) is 1. The van der Waals surface area contributed by atoms with Crippen molar-refractivity contribution in [3.8, 4) is 11.5 Å². The standard InChI is InChI=1S/C22H30BrNO3/c1-4-25-21-13-19(15-24-11-8-12-26-17(2)3)20(23)14-22(21)27-16-18-9-6-5-7-10-18/h5-7,9-10,13-14,17,24H,4,8,11-12,15-16H2,1-3H3. The highest BCUT2D eigenvalue weighted by molar-refractivity contribution is 9.10. The van der Waals surface area contributed by atoms with Crippen LogP contribution in [0.5, 0.6) is 11.5 Å². The minimum atomic E-state index is 0.288. The molecule has 5 heteroatoms. The van der Waals surface area contributed by atoms with Crippen molar-refractivity contribution in [3.63, 3.8) is 0 Å². The van der Waals surface area contributed by atoms with Gasteiger partial charge in [-0.05, 0) is 57.0 Å². The van der Waals surface area contributed by atoms with E-state index in [0.717, 1.165) is 53.2 Å². The molecule has 0 bridgehead atoms. The van der Waals surface area contributed by atoms with Gasteiger partial charge in [0.2, 0.25) is 0 Å². The predicted molar refractivity (Wildman–Crippen MR) is 113 cm³/mol. The number of rotatable bonds is 12. The topological polar surface area (TPSA) is 39.7 Å². The Morgan fingerprint density at radius 2 is 1.78 bits per heavy atom. The lowest BCUT2D eigenvalue weighted by molar-refractivity contribution is 0.0770. The molecule has 0 aliphatic carbocycles. The summed E-state index contributed by atoms with van der Waals surface area (Å²) in [5.74, 6) is 1.53. The highest BCUT2D eigenvalue weighted by atomic mass is 79.9. The van der Waals surface area contributed by atoms with Gasteiger partial charge >= 0.3 is 0 Å². The summed E-state index contributed by atoms with van der Waals surface area (Å²) in [6, 6.07) is 14.2. The van der Waals surface area contributed by atoms with E-state index < -0.39 is 0 Å². The average Bonchev–Trinajstić information content (AvgIpc) is 2.66. The van der Waals surface area contributed by atoms with Crippen molar-refractivity contribution in [2.75, 3.05) is 19.8 Å². The summed E-state index contributed by atoms with van der Waals surface area (Å²) in [5.41, 5.74) is 2.28. The van der Waals surface area contributed by atoms with E-state index in [2.05, 4.69) is 47.2 Å². The van der Waals surface area contributed by atoms with E-state index in [-0.39, 0.29) is 6.10 Å². The molecular weight excluding hydrogens is 406 g/mol. The van der Waals surface area contributed by atoms with Gasteiger partial charge in [-0.25, -0.2) is 0 Å². The molecule has 0 aromatic heterocycles. The van der Waals surface area contributed by atoms with Crippen LogP contribution in [0.3, 0.4) is 0 Å². The molecule has 0 aliphatic rings. The molecule has 148 valence electrons. The lowest BCUT2D eigenvalue weighted by atomic mass is 10.2. The molecule has 2 aromatic rings. The van der Waals surface area contributed by atoms with Crippen molar-refractivity contribution >= 4 is 15.9 Å². The first-order chi connectivity index (χ1) is 13.1. The Hall–Kier alpha value is -1.56. The number of halogens is 1. The van der Waals surface area contributed by atoms with E-state index >= 15 is 0 Å². The largest absolute Gasteiger partial charge is 0.490 e. The van der Waals surface area contributed by atoms with Gasteiger partial charge in [0.25, 0.3) is 0 Å². The van der Waals surface area contributed by atoms with Gasteiger partial charge in [-0.15, -0.1) is 0 Å². The van der Waals surface area contributed by atoms with E-state index in [0.29, 0.717) is 13.2 Å². The predicted octanol–water partition coefficient (Wildman–Crippen LogP) is 5.33. The maximum Gasteiger partial charge on any atom is 0.162 e. The zero-order valence-electron chi connectivity index (χ0n) is 16.5. The molecule has 27 heavy (non-hydrogen) atoms. The zero-order valence-corrected chi connectivity index (χ0v) is 18.1. The molecule has 4 nitrogen and oxygen atoms in total. The van der Waals surface area contributed by atoms with E-state index in [9.17, 15) is 0 Å². The first kappa shape index (κ1) is 21.7. The summed E-state index contributed by atoms with van der Waals surface area (Å²) < 4.78 is 18.4. The zero-order chi connectivity index (χ0) is 19.5. The molecule has 0 unspecified atom stereocenters. The molecule has 0 atom stereocenters. The highest BCUT2D eigenvalue weighted by Gasteiger charge is 2.11. The molecule has 0 spiro atoms. The van der Waals surface area contributed by atoms with Crippen LogP contribution in [-0.2, 0) is 17.9 Å². The van der Waals surface area contributed by atoms with Crippen LogP contribution in [0.2, 0.25) is 0 Å². The molecule has 0 amide bonds. The average molecular weight is 436 g/mol. The van der Waals surface area contributed by atoms with E-state index in [4.69, 9.17) is 14.2 Å². The highest BCUT2D eigenvalue weighted by Crippen LogP contribution is 2.34. The van der Waals surface area contributed by atoms with Crippen LogP contribution >= 0.6 is 15.9 Å². The minimum Gasteiger partial charge on any atom is -0.490 e. The maximum atomic E-state index is 6.00. The molecule has 0 aliphatic heterocycles. The van der Waals surface area contributed by atoms with Crippen molar-refractivity contribution in [1.82, 2.24) is 5.32 Å². The summed E-state index contributed by atoms with van der Waals surface area (Å²) in [6.45, 7) is 9.67. The van der Waals surface area contributed by atoms with Crippen LogP contribution in [0.15, 0.2) is 46.9 Å². The molecule has 0 saturated heterocycles. The molecule has 0 fully saturated rings. The molecule has 0 heterocycles. The Bertz CT molecular complexity index is 677. The third-order valence-corrected chi connectivity index (χ3v) is 4.65. The van der Waals surface area contributed by atoms with E-state index in [1.807, 2.05) is 37.3 Å². The van der Waals surface area contributed by atoms with Crippen LogP contribution < -0.4 is 14.8 Å². The van der Waals surface area contributed by atoms with Crippen LogP contribution in [0, 0.1) is 0 Å². The monoisotopic (exact) mass is 435 g/mol. The first-order valence-corrected chi connectivity index (χ1v) is 10.3. The summed E-state index contributed by atoms with van der Waals surface area (Å²) in [5, 5.41) is 3.46. The Labute approximate surface area is 171 Å². The fraction of sp³-hybridized carbons (Fsp3) is 0.455. The summed E-state index contributed by atoms with van der Waals surface area (Å²) in [6.07, 6.45) is 1.28. The first-order valence-electron chi connectivity index (χ1n) is 9.54. The molecular formula is C22H30BrNO3. The summed E-state index contributed by atoms with van der Waals surface area (Å²) in [7, 11) is 0. The second kappa shape index (κ2) is 12.0. The van der Waals surface area contributed by atoms with Gasteiger partial charge in [0.05, 0.1) is 12.7 Å². The van der Waals surface area contributed by atoms with E-state index in [1.54, 1.807) is 0 Å². The molecule has 0 radical (unpaired) electrons. The Morgan fingerprint density at radius 3 is 2.48 bits per heavy atom. The van der Waals surface area contributed by atoms with Crippen LogP contribution in [0.4, 0.5) is 0 Å². The fourth-order valence-corrected chi connectivity index (χ4v) is 3.03. The van der Waals surface area contributed by atoms with Crippen molar-refractivity contribution < 1.29 is 14.2 Å². The Morgan fingerprint density at radius 1 is 1.04 bits per heavy atom. The number of ether oxygens (including phenoxy) is 3. The molecule has 0 saturated carbocycles. The summed E-state index contributed by atoms with van der Waals surface area (Å²) >= 11 is 3.66. The minimum absolute atomic E-state index is 0.288. The van der Waals surface area contributed by atoms with Gasteiger partial charge in [-0.1, -0.05) is 46.3 Å². The number of hydrogen-bond donors (Lipinski definition) is 1. The SMILES string of the molecule is CCOc1cc(CNCCCOC(C)C)c(Br)cc1OCc1ccccc1. The van der Waals surface area contributed by atoms with Crippen molar-refractivity contribution in [3.05, 3.63) is 58.1 Å². The molecule has 2 aromatic carbocycles. The lowest BCUT2D eigenvalue weighted by Crippen LogP contribution is -2.17. The number of hydrogen-bond acceptors (Lipinski definition) is 4. The second-order valence-corrected chi connectivity index (χ2v) is 7.40. The van der Waals surface area contributed by atoms with Crippen molar-refractivity contribution in [1.29, 1.82) is 0 Å². The van der Waals surface area contributed by atoms with Gasteiger partial charge in [-0.3, -0.25) is 0 Å². The fourth-order valence-electron chi connectivity index (χ4n) is 2.57. The third kappa shape index (κ3) is 7.91. The van der Waals surface area contributed by atoms with Crippen LogP contribution in [-0.4, -0.2) is 25.9 Å². The van der Waals surface area contributed by atoms with Gasteiger partial charge in [0.1, 0.15) is 6.61 Å². The van der Waals surface area contributed by atoms with Gasteiger partial charge in [-0.2, -0.15) is 0 Å². The van der Waals surface area contributed by atoms with Crippen molar-refractivity contribution in [2.24, 2.45) is 0 Å². The smallest absolute Gasteiger partial charge is 0.162 e. The maximum absolute atomic E-state index is 6.00. The molecule has 1 N–H and O–H groups in total. The van der Waals surface area contributed by atoms with Crippen LogP contribution in [0.25, 0.3) is 0 Å². The third-order valence-electron chi connectivity index (χ3n) is 3.91.